The molecule has 0 aromatic heterocycles. The third-order valence-electron chi connectivity index (χ3n) is 7.37. The predicted octanol–water partition coefficient (Wildman–Crippen LogP) is 4.93. The zero-order chi connectivity index (χ0) is 23.5. The molecule has 2 fully saturated rings. The number of nitrogens with zero attached hydrogens (tertiary/aromatic N) is 2. The zero-order valence-corrected chi connectivity index (χ0v) is 19.8. The summed E-state index contributed by atoms with van der Waals surface area (Å²) in [7, 11) is 1.65. The van der Waals surface area contributed by atoms with Crippen molar-refractivity contribution in [1.82, 2.24) is 9.80 Å². The van der Waals surface area contributed by atoms with Gasteiger partial charge in [-0.05, 0) is 55.2 Å². The molecule has 0 N–H and O–H groups in total. The minimum atomic E-state index is -0.126. The number of carbonyl (C=O) groups is 2. The van der Waals surface area contributed by atoms with Crippen molar-refractivity contribution in [2.24, 2.45) is 5.92 Å². The Labute approximate surface area is 201 Å². The van der Waals surface area contributed by atoms with Gasteiger partial charge in [0, 0.05) is 36.6 Å². The van der Waals surface area contributed by atoms with E-state index in [1.807, 2.05) is 47.4 Å². The van der Waals surface area contributed by atoms with Crippen molar-refractivity contribution in [3.8, 4) is 5.75 Å². The fourth-order valence-corrected chi connectivity index (χ4v) is 5.63. The predicted molar refractivity (Wildman–Crippen MR) is 134 cm³/mol. The van der Waals surface area contributed by atoms with Crippen LogP contribution in [0.25, 0.3) is 10.8 Å². The number of rotatable bonds is 5. The van der Waals surface area contributed by atoms with Crippen LogP contribution < -0.4 is 4.74 Å². The fraction of sp³-hybridized carbons (Fsp3) is 0.379. The Morgan fingerprint density at radius 1 is 0.882 bits per heavy atom. The average Bonchev–Trinajstić information content (AvgIpc) is 3.35. The van der Waals surface area contributed by atoms with Crippen molar-refractivity contribution < 1.29 is 14.3 Å². The Kier molecular flexibility index (Phi) is 6.52. The highest BCUT2D eigenvalue weighted by Crippen LogP contribution is 2.31. The van der Waals surface area contributed by atoms with Gasteiger partial charge in [0.15, 0.2) is 0 Å². The number of hydrogen-bond acceptors (Lipinski definition) is 3. The van der Waals surface area contributed by atoms with Gasteiger partial charge >= 0.3 is 0 Å². The molecule has 0 spiro atoms. The lowest BCUT2D eigenvalue weighted by molar-refractivity contribution is -0.137. The Morgan fingerprint density at radius 2 is 1.62 bits per heavy atom. The van der Waals surface area contributed by atoms with Crippen LogP contribution in [-0.4, -0.2) is 54.4 Å². The monoisotopic (exact) mass is 456 g/mol. The second kappa shape index (κ2) is 9.88. The van der Waals surface area contributed by atoms with E-state index in [9.17, 15) is 9.59 Å². The van der Waals surface area contributed by atoms with Gasteiger partial charge in [-0.25, -0.2) is 0 Å². The zero-order valence-electron chi connectivity index (χ0n) is 19.8. The number of fused-ring (bicyclic) bond motifs is 1. The minimum absolute atomic E-state index is 0.00129. The average molecular weight is 457 g/mol. The van der Waals surface area contributed by atoms with E-state index in [-0.39, 0.29) is 23.8 Å². The molecule has 0 radical (unpaired) electrons. The van der Waals surface area contributed by atoms with Gasteiger partial charge in [0.05, 0.1) is 13.0 Å². The standard InChI is InChI=1S/C29H32N2O3/c1-34-27-16-15-26(24-13-5-6-14-25(24)27)29(33)30-17-7-11-22(20-30)28(32)31-18-8-12-23(31)19-21-9-3-2-4-10-21/h2-6,9-10,13-16,22-23H,7-8,11-12,17-20H2,1H3. The van der Waals surface area contributed by atoms with Gasteiger partial charge in [0.25, 0.3) is 5.91 Å². The second-order valence-corrected chi connectivity index (χ2v) is 9.47. The van der Waals surface area contributed by atoms with Gasteiger partial charge in [0.1, 0.15) is 5.75 Å². The first kappa shape index (κ1) is 22.5. The molecule has 2 aliphatic rings. The number of likely N-dealkylation sites (tertiary alicyclic amines) is 2. The van der Waals surface area contributed by atoms with Crippen molar-refractivity contribution in [3.63, 3.8) is 0 Å². The summed E-state index contributed by atoms with van der Waals surface area (Å²) in [5.41, 5.74) is 1.95. The van der Waals surface area contributed by atoms with E-state index >= 15 is 0 Å². The molecule has 0 saturated carbocycles. The highest BCUT2D eigenvalue weighted by atomic mass is 16.5. The van der Waals surface area contributed by atoms with E-state index < -0.39 is 0 Å². The van der Waals surface area contributed by atoms with Crippen molar-refractivity contribution in [2.45, 2.75) is 38.1 Å². The summed E-state index contributed by atoms with van der Waals surface area (Å²) in [6.45, 7) is 2.01. The number of carbonyl (C=O) groups excluding carboxylic acids is 2. The Morgan fingerprint density at radius 3 is 2.41 bits per heavy atom. The van der Waals surface area contributed by atoms with Crippen molar-refractivity contribution in [2.75, 3.05) is 26.7 Å². The highest BCUT2D eigenvalue weighted by Gasteiger charge is 2.36. The molecule has 176 valence electrons. The Hall–Kier alpha value is -3.34. The molecule has 5 rings (SSSR count). The summed E-state index contributed by atoms with van der Waals surface area (Å²) in [4.78, 5) is 31.1. The maximum atomic E-state index is 13.6. The largest absolute Gasteiger partial charge is 0.496 e. The Balaban J connectivity index is 1.32. The molecular formula is C29H32N2O3. The first-order valence-corrected chi connectivity index (χ1v) is 12.3. The van der Waals surface area contributed by atoms with Crippen LogP contribution in [0.15, 0.2) is 66.7 Å². The first-order valence-electron chi connectivity index (χ1n) is 12.3. The molecule has 0 aliphatic carbocycles. The summed E-state index contributed by atoms with van der Waals surface area (Å²) in [6, 6.07) is 22.2. The number of amides is 2. The lowest BCUT2D eigenvalue weighted by atomic mass is 9.94. The van der Waals surface area contributed by atoms with E-state index in [1.165, 1.54) is 5.56 Å². The topological polar surface area (TPSA) is 49.9 Å². The van der Waals surface area contributed by atoms with E-state index in [0.717, 1.165) is 55.2 Å². The molecule has 3 aromatic rings. The maximum Gasteiger partial charge on any atom is 0.254 e. The third-order valence-corrected chi connectivity index (χ3v) is 7.37. The number of hydrogen-bond donors (Lipinski definition) is 0. The maximum absolute atomic E-state index is 13.6. The molecule has 2 atom stereocenters. The molecule has 2 unspecified atom stereocenters. The molecule has 2 amide bonds. The number of ether oxygens (including phenoxy) is 1. The lowest BCUT2D eigenvalue weighted by Gasteiger charge is -2.36. The Bertz CT molecular complexity index is 1180. The molecular weight excluding hydrogens is 424 g/mol. The van der Waals surface area contributed by atoms with Crippen LogP contribution in [0.1, 0.15) is 41.6 Å². The smallest absolute Gasteiger partial charge is 0.254 e. The fourth-order valence-electron chi connectivity index (χ4n) is 5.63. The van der Waals surface area contributed by atoms with E-state index in [2.05, 4.69) is 29.2 Å². The molecule has 2 aliphatic heterocycles. The molecule has 5 heteroatoms. The number of methoxy groups -OCH3 is 1. The van der Waals surface area contributed by atoms with E-state index in [0.29, 0.717) is 18.7 Å². The number of benzene rings is 3. The SMILES string of the molecule is COc1ccc(C(=O)N2CCCC(C(=O)N3CCCC3Cc3ccccc3)C2)c2ccccc12. The summed E-state index contributed by atoms with van der Waals surface area (Å²) >= 11 is 0. The first-order chi connectivity index (χ1) is 16.7. The molecule has 0 bridgehead atoms. The van der Waals surface area contributed by atoms with E-state index in [4.69, 9.17) is 4.74 Å². The summed E-state index contributed by atoms with van der Waals surface area (Å²) in [6.07, 6.45) is 4.71. The van der Waals surface area contributed by atoms with Crippen molar-refractivity contribution in [1.29, 1.82) is 0 Å². The molecule has 2 saturated heterocycles. The van der Waals surface area contributed by atoms with Gasteiger partial charge in [0.2, 0.25) is 5.91 Å². The van der Waals surface area contributed by atoms with Gasteiger partial charge in [-0.15, -0.1) is 0 Å². The van der Waals surface area contributed by atoms with Crippen LogP contribution >= 0.6 is 0 Å². The quantitative estimate of drug-likeness (QED) is 0.547. The van der Waals surface area contributed by atoms with Crippen molar-refractivity contribution in [3.05, 3.63) is 77.9 Å². The van der Waals surface area contributed by atoms with Gasteiger partial charge in [-0.3, -0.25) is 9.59 Å². The molecule has 3 aromatic carbocycles. The van der Waals surface area contributed by atoms with Crippen LogP contribution in [-0.2, 0) is 11.2 Å². The lowest BCUT2D eigenvalue weighted by Crippen LogP contribution is -2.48. The summed E-state index contributed by atoms with van der Waals surface area (Å²) in [5, 5.41) is 1.82. The summed E-state index contributed by atoms with van der Waals surface area (Å²) in [5.74, 6) is 0.852. The van der Waals surface area contributed by atoms with Crippen molar-refractivity contribution >= 4 is 22.6 Å². The van der Waals surface area contributed by atoms with Crippen LogP contribution in [0.4, 0.5) is 0 Å². The van der Waals surface area contributed by atoms with Gasteiger partial charge in [-0.1, -0.05) is 54.6 Å². The minimum Gasteiger partial charge on any atom is -0.496 e. The number of piperidine rings is 1. The van der Waals surface area contributed by atoms with Gasteiger partial charge in [-0.2, -0.15) is 0 Å². The van der Waals surface area contributed by atoms with Crippen LogP contribution in [0.3, 0.4) is 0 Å². The summed E-state index contributed by atoms with van der Waals surface area (Å²) < 4.78 is 5.49. The van der Waals surface area contributed by atoms with Gasteiger partial charge < -0.3 is 14.5 Å². The second-order valence-electron chi connectivity index (χ2n) is 9.47. The third kappa shape index (κ3) is 4.39. The van der Waals surface area contributed by atoms with Crippen LogP contribution in [0.5, 0.6) is 5.75 Å². The van der Waals surface area contributed by atoms with Crippen LogP contribution in [0, 0.1) is 5.92 Å². The molecule has 34 heavy (non-hydrogen) atoms. The van der Waals surface area contributed by atoms with E-state index in [1.54, 1.807) is 7.11 Å². The molecule has 5 nitrogen and oxygen atoms in total. The normalized spacial score (nSPS) is 20.5. The molecule has 2 heterocycles. The van der Waals surface area contributed by atoms with Crippen LogP contribution in [0.2, 0.25) is 0 Å². The highest BCUT2D eigenvalue weighted by molar-refractivity contribution is 6.08.